The van der Waals surface area contributed by atoms with Crippen molar-refractivity contribution in [1.29, 1.82) is 0 Å². The third kappa shape index (κ3) is 4.36. The summed E-state index contributed by atoms with van der Waals surface area (Å²) >= 11 is 0. The predicted octanol–water partition coefficient (Wildman–Crippen LogP) is 3.04. The van der Waals surface area contributed by atoms with E-state index in [1.807, 2.05) is 41.3 Å². The van der Waals surface area contributed by atoms with Gasteiger partial charge >= 0.3 is 0 Å². The Morgan fingerprint density at radius 2 is 2.03 bits per heavy atom. The summed E-state index contributed by atoms with van der Waals surface area (Å²) in [6.45, 7) is 2.18. The quantitative estimate of drug-likeness (QED) is 0.466. The van der Waals surface area contributed by atoms with Gasteiger partial charge in [0.05, 0.1) is 12.6 Å². The lowest BCUT2D eigenvalue weighted by atomic mass is 10.0. The average Bonchev–Trinajstić information content (AvgIpc) is 3.20. The van der Waals surface area contributed by atoms with E-state index in [9.17, 15) is 4.79 Å². The molecule has 1 atom stereocenters. The molecule has 0 saturated carbocycles. The van der Waals surface area contributed by atoms with Crippen LogP contribution in [0.4, 0.5) is 5.69 Å². The van der Waals surface area contributed by atoms with Gasteiger partial charge in [-0.05, 0) is 30.5 Å². The Labute approximate surface area is 172 Å². The van der Waals surface area contributed by atoms with Crippen LogP contribution >= 0.6 is 0 Å². The van der Waals surface area contributed by atoms with E-state index in [-0.39, 0.29) is 11.9 Å². The average molecular weight is 393 g/mol. The molecule has 0 radical (unpaired) electrons. The van der Waals surface area contributed by atoms with Crippen molar-refractivity contribution in [1.82, 2.24) is 10.6 Å². The molecule has 1 unspecified atom stereocenters. The van der Waals surface area contributed by atoms with E-state index in [4.69, 9.17) is 4.74 Å². The number of hydrogen-bond donors (Lipinski definition) is 2. The van der Waals surface area contributed by atoms with Crippen molar-refractivity contribution in [3.8, 4) is 5.75 Å². The van der Waals surface area contributed by atoms with Gasteiger partial charge in [-0.1, -0.05) is 36.4 Å². The lowest BCUT2D eigenvalue weighted by Gasteiger charge is -2.28. The number of carbonyl (C=O) groups is 1. The lowest BCUT2D eigenvalue weighted by molar-refractivity contribution is -0.118. The van der Waals surface area contributed by atoms with Gasteiger partial charge in [0.25, 0.3) is 0 Å². The number of aliphatic imine (C=N–C) groups is 1. The van der Waals surface area contributed by atoms with E-state index in [1.165, 1.54) is 5.56 Å². The van der Waals surface area contributed by atoms with E-state index in [0.29, 0.717) is 19.6 Å². The van der Waals surface area contributed by atoms with E-state index in [0.717, 1.165) is 48.8 Å². The van der Waals surface area contributed by atoms with Crippen molar-refractivity contribution >= 4 is 17.6 Å². The number of carbonyl (C=O) groups excluding carboxylic acids is 1. The molecule has 1 amide bonds. The summed E-state index contributed by atoms with van der Waals surface area (Å²) in [4.78, 5) is 18.9. The van der Waals surface area contributed by atoms with Crippen molar-refractivity contribution in [2.24, 2.45) is 4.99 Å². The van der Waals surface area contributed by atoms with Gasteiger partial charge in [0, 0.05) is 44.2 Å². The highest BCUT2D eigenvalue weighted by molar-refractivity contribution is 5.95. The molecular formula is C23H28N4O2. The van der Waals surface area contributed by atoms with Crippen LogP contribution in [0.2, 0.25) is 0 Å². The molecule has 0 bridgehead atoms. The molecule has 2 aromatic carbocycles. The van der Waals surface area contributed by atoms with E-state index in [2.05, 4.69) is 27.8 Å². The standard InChI is InChI=1S/C23H28N4O2/c1-24-23(26-19-13-16-29-21-10-5-3-8-18(19)21)25-14-6-11-22(28)27-15-12-17-7-2-4-9-20(17)27/h2-5,7-10,19H,6,11-16H2,1H3,(H2,24,25,26). The number of fused-ring (bicyclic) bond motifs is 2. The topological polar surface area (TPSA) is 66.0 Å². The number of guanidine groups is 1. The Kier molecular flexibility index (Phi) is 5.98. The zero-order chi connectivity index (χ0) is 20.1. The van der Waals surface area contributed by atoms with Crippen LogP contribution in [0.25, 0.3) is 0 Å². The number of hydrogen-bond acceptors (Lipinski definition) is 3. The number of nitrogens with zero attached hydrogens (tertiary/aromatic N) is 2. The first-order valence-electron chi connectivity index (χ1n) is 10.3. The Morgan fingerprint density at radius 3 is 2.93 bits per heavy atom. The van der Waals surface area contributed by atoms with Crippen LogP contribution in [0.3, 0.4) is 0 Å². The molecule has 0 saturated heterocycles. The molecule has 6 heteroatoms. The summed E-state index contributed by atoms with van der Waals surface area (Å²) in [5.41, 5.74) is 3.49. The molecule has 2 N–H and O–H groups in total. The second-order valence-corrected chi connectivity index (χ2v) is 7.40. The normalized spacial score (nSPS) is 17.9. The SMILES string of the molecule is CN=C(NCCCC(=O)N1CCc2ccccc21)NC1CCOc2ccccc21. The summed E-state index contributed by atoms with van der Waals surface area (Å²) in [7, 11) is 1.77. The Bertz CT molecular complexity index is 896. The molecule has 152 valence electrons. The third-order valence-electron chi connectivity index (χ3n) is 5.54. The molecular weight excluding hydrogens is 364 g/mol. The number of para-hydroxylation sites is 2. The van der Waals surface area contributed by atoms with Crippen LogP contribution in [-0.2, 0) is 11.2 Å². The monoisotopic (exact) mass is 392 g/mol. The Balaban J connectivity index is 1.25. The predicted molar refractivity (Wildman–Crippen MR) is 116 cm³/mol. The van der Waals surface area contributed by atoms with Crippen LogP contribution in [0.15, 0.2) is 53.5 Å². The highest BCUT2D eigenvalue weighted by atomic mass is 16.5. The molecule has 0 fully saturated rings. The van der Waals surface area contributed by atoms with Crippen LogP contribution in [0.1, 0.15) is 36.4 Å². The third-order valence-corrected chi connectivity index (χ3v) is 5.54. The maximum absolute atomic E-state index is 12.6. The number of benzene rings is 2. The van der Waals surface area contributed by atoms with Crippen molar-refractivity contribution < 1.29 is 9.53 Å². The van der Waals surface area contributed by atoms with Crippen LogP contribution in [-0.4, -0.2) is 38.6 Å². The molecule has 2 aliphatic heterocycles. The number of nitrogens with one attached hydrogen (secondary N) is 2. The van der Waals surface area contributed by atoms with Gasteiger partial charge in [0.1, 0.15) is 5.75 Å². The molecule has 29 heavy (non-hydrogen) atoms. The van der Waals surface area contributed by atoms with E-state index >= 15 is 0 Å². The minimum absolute atomic E-state index is 0.175. The maximum Gasteiger partial charge on any atom is 0.227 e. The minimum Gasteiger partial charge on any atom is -0.493 e. The fraction of sp³-hybridized carbons (Fsp3) is 0.391. The molecule has 6 nitrogen and oxygen atoms in total. The maximum atomic E-state index is 12.6. The highest BCUT2D eigenvalue weighted by Crippen LogP contribution is 2.31. The van der Waals surface area contributed by atoms with E-state index < -0.39 is 0 Å². The van der Waals surface area contributed by atoms with Crippen molar-refractivity contribution in [2.75, 3.05) is 31.6 Å². The number of ether oxygens (including phenoxy) is 1. The van der Waals surface area contributed by atoms with Crippen LogP contribution in [0, 0.1) is 0 Å². The molecule has 0 spiro atoms. The summed E-state index contributed by atoms with van der Waals surface area (Å²) in [6, 6.07) is 16.5. The van der Waals surface area contributed by atoms with Gasteiger partial charge in [-0.15, -0.1) is 0 Å². The Hall–Kier alpha value is -3.02. The van der Waals surface area contributed by atoms with Gasteiger partial charge in [0.2, 0.25) is 5.91 Å². The first-order valence-corrected chi connectivity index (χ1v) is 10.3. The second-order valence-electron chi connectivity index (χ2n) is 7.40. The first kappa shape index (κ1) is 19.3. The number of anilines is 1. The summed E-state index contributed by atoms with van der Waals surface area (Å²) in [5.74, 6) is 1.88. The number of rotatable bonds is 5. The molecule has 0 aromatic heterocycles. The van der Waals surface area contributed by atoms with Gasteiger partial charge in [-0.25, -0.2) is 0 Å². The zero-order valence-corrected chi connectivity index (χ0v) is 16.9. The molecule has 0 aliphatic carbocycles. The summed E-state index contributed by atoms with van der Waals surface area (Å²) in [5, 5.41) is 6.82. The molecule has 2 heterocycles. The molecule has 4 rings (SSSR count). The molecule has 2 aliphatic rings. The first-order chi connectivity index (χ1) is 14.3. The lowest BCUT2D eigenvalue weighted by Crippen LogP contribution is -2.41. The van der Waals surface area contributed by atoms with E-state index in [1.54, 1.807) is 7.05 Å². The van der Waals surface area contributed by atoms with Crippen LogP contribution < -0.4 is 20.3 Å². The van der Waals surface area contributed by atoms with Crippen molar-refractivity contribution in [3.05, 3.63) is 59.7 Å². The number of amides is 1. The summed E-state index contributed by atoms with van der Waals surface area (Å²) < 4.78 is 5.73. The summed E-state index contributed by atoms with van der Waals surface area (Å²) in [6.07, 6.45) is 3.13. The van der Waals surface area contributed by atoms with Gasteiger partial charge in [-0.3, -0.25) is 9.79 Å². The van der Waals surface area contributed by atoms with Crippen molar-refractivity contribution in [3.63, 3.8) is 0 Å². The fourth-order valence-electron chi connectivity index (χ4n) is 4.03. The fourth-order valence-corrected chi connectivity index (χ4v) is 4.03. The van der Waals surface area contributed by atoms with Gasteiger partial charge in [-0.2, -0.15) is 0 Å². The van der Waals surface area contributed by atoms with Crippen molar-refractivity contribution in [2.45, 2.75) is 31.7 Å². The van der Waals surface area contributed by atoms with Gasteiger partial charge in [0.15, 0.2) is 5.96 Å². The van der Waals surface area contributed by atoms with Gasteiger partial charge < -0.3 is 20.3 Å². The second kappa shape index (κ2) is 8.99. The van der Waals surface area contributed by atoms with Crippen LogP contribution in [0.5, 0.6) is 5.75 Å². The largest absolute Gasteiger partial charge is 0.493 e. The smallest absolute Gasteiger partial charge is 0.227 e. The Morgan fingerprint density at radius 1 is 1.21 bits per heavy atom. The molecule has 2 aromatic rings. The highest BCUT2D eigenvalue weighted by Gasteiger charge is 2.24. The zero-order valence-electron chi connectivity index (χ0n) is 16.9. The minimum atomic E-state index is 0.175.